The van der Waals surface area contributed by atoms with Crippen molar-refractivity contribution in [1.82, 2.24) is 0 Å². The quantitative estimate of drug-likeness (QED) is 0.803. The molecule has 0 saturated carbocycles. The molecule has 0 amide bonds. The number of hydrogen-bond acceptors (Lipinski definition) is 3. The van der Waals surface area contributed by atoms with E-state index in [1.165, 1.54) is 0 Å². The van der Waals surface area contributed by atoms with Crippen molar-refractivity contribution in [2.24, 2.45) is 0 Å². The molecule has 0 unspecified atom stereocenters. The fourth-order valence-electron chi connectivity index (χ4n) is 1.04. The molecule has 1 N–H and O–H groups in total. The lowest BCUT2D eigenvalue weighted by molar-refractivity contribution is 0.0854. The zero-order valence-corrected chi connectivity index (χ0v) is 10.2. The third kappa shape index (κ3) is 5.24. The number of ether oxygens (including phenoxy) is 1. The van der Waals surface area contributed by atoms with Crippen LogP contribution < -0.4 is 4.90 Å². The van der Waals surface area contributed by atoms with Gasteiger partial charge in [-0.25, -0.2) is 4.79 Å². The maximum atomic E-state index is 10.1. The molecule has 0 atom stereocenters. The second-order valence-corrected chi connectivity index (χ2v) is 3.12. The fourth-order valence-corrected chi connectivity index (χ4v) is 1.04. The van der Waals surface area contributed by atoms with E-state index in [0.29, 0.717) is 0 Å². The van der Waals surface area contributed by atoms with Crippen LogP contribution in [0.5, 0.6) is 0 Å². The smallest absolute Gasteiger partial charge is 0.450 e. The van der Waals surface area contributed by atoms with E-state index >= 15 is 0 Å². The maximum absolute atomic E-state index is 10.1. The summed E-state index contributed by atoms with van der Waals surface area (Å²) in [7, 11) is 3.89. The molecule has 0 aliphatic carbocycles. The predicted molar refractivity (Wildman–Crippen MR) is 64.9 cm³/mol. The van der Waals surface area contributed by atoms with Gasteiger partial charge in [0.05, 0.1) is 0 Å². The van der Waals surface area contributed by atoms with E-state index in [0.717, 1.165) is 11.3 Å². The standard InChI is InChI=1S/C10H13NO3.C2H6/c1-11(2)9-5-3-8(4-6-9)7-14-10(12)13;1-2/h3-6H,7H2,1-2H3,(H,12,13);1-2H3. The first kappa shape index (κ1) is 14.3. The number of hydrogen-bond donors (Lipinski definition) is 1. The van der Waals surface area contributed by atoms with Crippen LogP contribution in [0.2, 0.25) is 0 Å². The van der Waals surface area contributed by atoms with Crippen molar-refractivity contribution in [2.45, 2.75) is 20.5 Å². The molecule has 1 aromatic rings. The molecule has 0 fully saturated rings. The van der Waals surface area contributed by atoms with Gasteiger partial charge in [0.25, 0.3) is 0 Å². The molecule has 1 aromatic carbocycles. The SMILES string of the molecule is CC.CN(C)c1ccc(COC(=O)O)cc1. The van der Waals surface area contributed by atoms with E-state index in [2.05, 4.69) is 4.74 Å². The van der Waals surface area contributed by atoms with Gasteiger partial charge >= 0.3 is 6.16 Å². The predicted octanol–water partition coefficient (Wildman–Crippen LogP) is 2.97. The molecule has 0 radical (unpaired) electrons. The highest BCUT2D eigenvalue weighted by molar-refractivity contribution is 5.57. The zero-order chi connectivity index (χ0) is 12.6. The highest BCUT2D eigenvalue weighted by atomic mass is 16.7. The minimum atomic E-state index is -1.25. The Hall–Kier alpha value is -1.71. The molecule has 0 aliphatic heterocycles. The first-order valence-corrected chi connectivity index (χ1v) is 5.21. The monoisotopic (exact) mass is 225 g/mol. The van der Waals surface area contributed by atoms with Gasteiger partial charge in [-0.3, -0.25) is 0 Å². The van der Waals surface area contributed by atoms with Crippen molar-refractivity contribution >= 4 is 11.8 Å². The van der Waals surface area contributed by atoms with Crippen LogP contribution in [0.1, 0.15) is 19.4 Å². The van der Waals surface area contributed by atoms with E-state index in [-0.39, 0.29) is 6.61 Å². The second-order valence-electron chi connectivity index (χ2n) is 3.12. The van der Waals surface area contributed by atoms with Crippen LogP contribution in [0, 0.1) is 0 Å². The van der Waals surface area contributed by atoms with E-state index in [9.17, 15) is 4.79 Å². The average Bonchev–Trinajstić information content (AvgIpc) is 2.29. The van der Waals surface area contributed by atoms with Crippen molar-refractivity contribution in [3.05, 3.63) is 29.8 Å². The lowest BCUT2D eigenvalue weighted by Crippen LogP contribution is -2.08. The minimum Gasteiger partial charge on any atom is -0.450 e. The third-order valence-corrected chi connectivity index (χ3v) is 1.82. The van der Waals surface area contributed by atoms with Crippen molar-refractivity contribution < 1.29 is 14.6 Å². The van der Waals surface area contributed by atoms with Gasteiger partial charge in [0, 0.05) is 19.8 Å². The Kier molecular flexibility index (Phi) is 6.76. The Morgan fingerprint density at radius 3 is 2.12 bits per heavy atom. The summed E-state index contributed by atoms with van der Waals surface area (Å²) in [6.45, 7) is 4.10. The van der Waals surface area contributed by atoms with Gasteiger partial charge in [0.2, 0.25) is 0 Å². The molecule has 0 aliphatic rings. The summed E-state index contributed by atoms with van der Waals surface area (Å²) in [6.07, 6.45) is -1.25. The summed E-state index contributed by atoms with van der Waals surface area (Å²) >= 11 is 0. The molecule has 4 heteroatoms. The summed E-state index contributed by atoms with van der Waals surface area (Å²) < 4.78 is 4.43. The van der Waals surface area contributed by atoms with Gasteiger partial charge in [-0.1, -0.05) is 26.0 Å². The lowest BCUT2D eigenvalue weighted by atomic mass is 10.2. The average molecular weight is 225 g/mol. The Balaban J connectivity index is 0.00000106. The van der Waals surface area contributed by atoms with Gasteiger partial charge < -0.3 is 14.7 Å². The molecule has 0 bridgehead atoms. The molecule has 0 aromatic heterocycles. The molecule has 0 saturated heterocycles. The Morgan fingerprint density at radius 1 is 1.25 bits per heavy atom. The lowest BCUT2D eigenvalue weighted by Gasteiger charge is -2.12. The molecule has 16 heavy (non-hydrogen) atoms. The molecule has 1 rings (SSSR count). The molecule has 0 heterocycles. The number of carboxylic acid groups (broad SMARTS) is 1. The van der Waals surface area contributed by atoms with E-state index in [4.69, 9.17) is 5.11 Å². The van der Waals surface area contributed by atoms with E-state index in [1.807, 2.05) is 57.1 Å². The zero-order valence-electron chi connectivity index (χ0n) is 10.2. The van der Waals surface area contributed by atoms with Gasteiger partial charge in [-0.2, -0.15) is 0 Å². The molecule has 90 valence electrons. The summed E-state index contributed by atoms with van der Waals surface area (Å²) in [5.74, 6) is 0. The van der Waals surface area contributed by atoms with Crippen molar-refractivity contribution in [1.29, 1.82) is 0 Å². The van der Waals surface area contributed by atoms with E-state index < -0.39 is 6.16 Å². The van der Waals surface area contributed by atoms with Crippen LogP contribution in [0.25, 0.3) is 0 Å². The molecule has 4 nitrogen and oxygen atoms in total. The molecular formula is C12H19NO3. The van der Waals surface area contributed by atoms with Crippen LogP contribution in [0.15, 0.2) is 24.3 Å². The van der Waals surface area contributed by atoms with Crippen molar-refractivity contribution in [3.8, 4) is 0 Å². The van der Waals surface area contributed by atoms with Gasteiger partial charge in [0.15, 0.2) is 0 Å². The van der Waals surface area contributed by atoms with Crippen LogP contribution in [-0.4, -0.2) is 25.4 Å². The Bertz CT molecular complexity index is 307. The van der Waals surface area contributed by atoms with Crippen LogP contribution in [0.3, 0.4) is 0 Å². The number of carbonyl (C=O) groups is 1. The van der Waals surface area contributed by atoms with Gasteiger partial charge in [-0.15, -0.1) is 0 Å². The third-order valence-electron chi connectivity index (χ3n) is 1.82. The minimum absolute atomic E-state index is 0.100. The normalized spacial score (nSPS) is 8.75. The number of anilines is 1. The Labute approximate surface area is 96.5 Å². The van der Waals surface area contributed by atoms with Crippen LogP contribution >= 0.6 is 0 Å². The van der Waals surface area contributed by atoms with Crippen LogP contribution in [0.4, 0.5) is 10.5 Å². The largest absolute Gasteiger partial charge is 0.506 e. The highest BCUT2D eigenvalue weighted by Crippen LogP contribution is 2.12. The first-order chi connectivity index (χ1) is 7.59. The topological polar surface area (TPSA) is 49.8 Å². The number of rotatable bonds is 3. The second kappa shape index (κ2) is 7.56. The first-order valence-electron chi connectivity index (χ1n) is 5.21. The maximum Gasteiger partial charge on any atom is 0.506 e. The van der Waals surface area contributed by atoms with E-state index in [1.54, 1.807) is 0 Å². The van der Waals surface area contributed by atoms with Crippen LogP contribution in [-0.2, 0) is 11.3 Å². The Morgan fingerprint density at radius 2 is 1.75 bits per heavy atom. The highest BCUT2D eigenvalue weighted by Gasteiger charge is 1.99. The molecule has 0 spiro atoms. The molecular weight excluding hydrogens is 206 g/mol. The fraction of sp³-hybridized carbons (Fsp3) is 0.417. The summed E-state index contributed by atoms with van der Waals surface area (Å²) in [4.78, 5) is 12.1. The van der Waals surface area contributed by atoms with Gasteiger partial charge in [-0.05, 0) is 17.7 Å². The summed E-state index contributed by atoms with van der Waals surface area (Å²) in [5.41, 5.74) is 1.92. The number of benzene rings is 1. The van der Waals surface area contributed by atoms with Crippen molar-refractivity contribution in [2.75, 3.05) is 19.0 Å². The van der Waals surface area contributed by atoms with Crippen molar-refractivity contribution in [3.63, 3.8) is 0 Å². The number of nitrogens with zero attached hydrogens (tertiary/aromatic N) is 1. The summed E-state index contributed by atoms with van der Waals surface area (Å²) in [6, 6.07) is 7.53. The van der Waals surface area contributed by atoms with Gasteiger partial charge in [0.1, 0.15) is 6.61 Å². The summed E-state index contributed by atoms with van der Waals surface area (Å²) in [5, 5.41) is 8.29.